The zero-order valence-electron chi connectivity index (χ0n) is 9.38. The van der Waals surface area contributed by atoms with Crippen molar-refractivity contribution >= 4 is 0 Å². The average molecular weight is 186 g/mol. The van der Waals surface area contributed by atoms with Gasteiger partial charge >= 0.3 is 0 Å². The third-order valence-electron chi connectivity index (χ3n) is 3.03. The van der Waals surface area contributed by atoms with Gasteiger partial charge in [-0.2, -0.15) is 0 Å². The van der Waals surface area contributed by atoms with E-state index in [0.717, 1.165) is 19.1 Å². The highest BCUT2D eigenvalue weighted by molar-refractivity contribution is 4.50. The molecule has 0 aromatic carbocycles. The van der Waals surface area contributed by atoms with Crippen LogP contribution in [-0.4, -0.2) is 44.4 Å². The summed E-state index contributed by atoms with van der Waals surface area (Å²) in [4.78, 5) is 0. The molecule has 0 radical (unpaired) electrons. The molecule has 1 rings (SSSR count). The molecule has 1 fully saturated rings. The van der Waals surface area contributed by atoms with E-state index < -0.39 is 0 Å². The highest BCUT2D eigenvalue weighted by Gasteiger charge is 2.24. The third kappa shape index (κ3) is 4.10. The molecule has 1 heterocycles. The van der Waals surface area contributed by atoms with Gasteiger partial charge in [-0.15, -0.1) is 0 Å². The van der Waals surface area contributed by atoms with Crippen molar-refractivity contribution in [1.29, 1.82) is 0 Å². The number of hydrogen-bond donors (Lipinski definition) is 0. The maximum absolute atomic E-state index is 5.38. The first kappa shape index (κ1) is 11.0. The summed E-state index contributed by atoms with van der Waals surface area (Å²) in [6, 6.07) is 0. The first-order valence-corrected chi connectivity index (χ1v) is 5.54. The van der Waals surface area contributed by atoms with Crippen LogP contribution in [0.2, 0.25) is 0 Å². The maximum atomic E-state index is 5.38. The summed E-state index contributed by atoms with van der Waals surface area (Å²) < 4.78 is 6.61. The third-order valence-corrected chi connectivity index (χ3v) is 3.03. The molecular weight excluding hydrogens is 162 g/mol. The minimum Gasteiger partial charge on any atom is -0.370 e. The molecular formula is C11H24NO+. The molecule has 1 aliphatic rings. The highest BCUT2D eigenvalue weighted by atomic mass is 16.5. The normalized spacial score (nSPS) is 22.2. The monoisotopic (exact) mass is 186 g/mol. The van der Waals surface area contributed by atoms with E-state index in [-0.39, 0.29) is 0 Å². The van der Waals surface area contributed by atoms with Crippen molar-refractivity contribution in [1.82, 2.24) is 0 Å². The molecule has 0 spiro atoms. The Labute approximate surface area is 82.5 Å². The fraction of sp³-hybridized carbons (Fsp3) is 1.00. The zero-order chi connectivity index (χ0) is 9.73. The average Bonchev–Trinajstić information content (AvgIpc) is 2.04. The number of morpholine rings is 1. The molecule has 1 saturated heterocycles. The van der Waals surface area contributed by atoms with Crippen LogP contribution in [0.25, 0.3) is 0 Å². The largest absolute Gasteiger partial charge is 0.370 e. The van der Waals surface area contributed by atoms with Gasteiger partial charge in [0.1, 0.15) is 13.1 Å². The predicted octanol–water partition coefficient (Wildman–Crippen LogP) is 1.90. The number of quaternary nitrogens is 1. The summed E-state index contributed by atoms with van der Waals surface area (Å²) in [6.45, 7) is 10.3. The minimum atomic E-state index is 0.854. The van der Waals surface area contributed by atoms with Gasteiger partial charge in [-0.1, -0.05) is 13.8 Å². The van der Waals surface area contributed by atoms with E-state index in [1.165, 1.54) is 37.0 Å². The van der Waals surface area contributed by atoms with Crippen LogP contribution in [0.1, 0.15) is 26.7 Å². The molecule has 0 aromatic rings. The first-order valence-electron chi connectivity index (χ1n) is 5.54. The molecule has 0 aliphatic carbocycles. The van der Waals surface area contributed by atoms with Crippen LogP contribution < -0.4 is 0 Å². The molecule has 0 bridgehead atoms. The second kappa shape index (κ2) is 4.97. The Kier molecular flexibility index (Phi) is 4.20. The summed E-state index contributed by atoms with van der Waals surface area (Å²) in [7, 11) is 2.36. The SMILES string of the molecule is CC(C)CCC[N+]1(C)CCOCC1. The van der Waals surface area contributed by atoms with E-state index in [2.05, 4.69) is 20.9 Å². The molecule has 13 heavy (non-hydrogen) atoms. The molecule has 0 aromatic heterocycles. The van der Waals surface area contributed by atoms with Gasteiger partial charge < -0.3 is 9.22 Å². The molecule has 78 valence electrons. The van der Waals surface area contributed by atoms with Gasteiger partial charge in [0.05, 0.1) is 26.8 Å². The molecule has 1 aliphatic heterocycles. The number of hydrogen-bond acceptors (Lipinski definition) is 1. The summed E-state index contributed by atoms with van der Waals surface area (Å²) in [5, 5.41) is 0. The van der Waals surface area contributed by atoms with Crippen molar-refractivity contribution in [2.24, 2.45) is 5.92 Å². The number of likely N-dealkylation sites (N-methyl/N-ethyl adjacent to an activating group) is 1. The van der Waals surface area contributed by atoms with Gasteiger partial charge in [0, 0.05) is 0 Å². The zero-order valence-corrected chi connectivity index (χ0v) is 9.38. The molecule has 2 heteroatoms. The fourth-order valence-electron chi connectivity index (χ4n) is 1.89. The lowest BCUT2D eigenvalue weighted by Gasteiger charge is -2.37. The Bertz CT molecular complexity index is 139. The Morgan fingerprint density at radius 2 is 1.85 bits per heavy atom. The van der Waals surface area contributed by atoms with E-state index >= 15 is 0 Å². The van der Waals surface area contributed by atoms with Crippen LogP contribution in [0, 0.1) is 5.92 Å². The lowest BCUT2D eigenvalue weighted by atomic mass is 10.1. The quantitative estimate of drug-likeness (QED) is 0.609. The van der Waals surface area contributed by atoms with Crippen LogP contribution in [-0.2, 0) is 4.74 Å². The highest BCUT2D eigenvalue weighted by Crippen LogP contribution is 2.12. The minimum absolute atomic E-state index is 0.854. The van der Waals surface area contributed by atoms with Gasteiger partial charge in [-0.05, 0) is 18.8 Å². The van der Waals surface area contributed by atoms with E-state index in [0.29, 0.717) is 0 Å². The Hall–Kier alpha value is -0.0800. The number of ether oxygens (including phenoxy) is 1. The van der Waals surface area contributed by atoms with Gasteiger partial charge in [0.25, 0.3) is 0 Å². The lowest BCUT2D eigenvalue weighted by Crippen LogP contribution is -2.52. The van der Waals surface area contributed by atoms with Gasteiger partial charge in [0.2, 0.25) is 0 Å². The van der Waals surface area contributed by atoms with Crippen LogP contribution in [0.5, 0.6) is 0 Å². The number of rotatable bonds is 4. The molecule has 0 N–H and O–H groups in total. The number of nitrogens with zero attached hydrogens (tertiary/aromatic N) is 1. The van der Waals surface area contributed by atoms with Crippen molar-refractivity contribution in [2.75, 3.05) is 39.9 Å². The van der Waals surface area contributed by atoms with Gasteiger partial charge in [-0.25, -0.2) is 0 Å². The first-order chi connectivity index (χ1) is 6.12. The molecule has 2 nitrogen and oxygen atoms in total. The van der Waals surface area contributed by atoms with Gasteiger partial charge in [0.15, 0.2) is 0 Å². The second-order valence-corrected chi connectivity index (χ2v) is 4.94. The smallest absolute Gasteiger partial charge is 0.102 e. The van der Waals surface area contributed by atoms with Crippen LogP contribution in [0.4, 0.5) is 0 Å². The van der Waals surface area contributed by atoms with Crippen molar-refractivity contribution in [3.05, 3.63) is 0 Å². The van der Waals surface area contributed by atoms with Crippen molar-refractivity contribution in [3.8, 4) is 0 Å². The molecule has 0 unspecified atom stereocenters. The summed E-state index contributed by atoms with van der Waals surface area (Å²) in [5.74, 6) is 0.854. The van der Waals surface area contributed by atoms with Crippen LogP contribution in [0.3, 0.4) is 0 Å². The molecule has 0 saturated carbocycles. The summed E-state index contributed by atoms with van der Waals surface area (Å²) >= 11 is 0. The summed E-state index contributed by atoms with van der Waals surface area (Å²) in [6.07, 6.45) is 2.74. The molecule has 0 amide bonds. The lowest BCUT2D eigenvalue weighted by molar-refractivity contribution is -0.917. The van der Waals surface area contributed by atoms with E-state index in [1.54, 1.807) is 0 Å². The Morgan fingerprint density at radius 3 is 2.38 bits per heavy atom. The van der Waals surface area contributed by atoms with Crippen LogP contribution >= 0.6 is 0 Å². The standard InChI is InChI=1S/C11H24NO/c1-11(2)5-4-6-12(3)7-9-13-10-8-12/h11H,4-10H2,1-3H3/q+1. The van der Waals surface area contributed by atoms with Crippen LogP contribution in [0.15, 0.2) is 0 Å². The molecule has 0 atom stereocenters. The van der Waals surface area contributed by atoms with E-state index in [4.69, 9.17) is 4.74 Å². The maximum Gasteiger partial charge on any atom is 0.102 e. The topological polar surface area (TPSA) is 9.23 Å². The van der Waals surface area contributed by atoms with Crippen molar-refractivity contribution in [2.45, 2.75) is 26.7 Å². The van der Waals surface area contributed by atoms with Gasteiger partial charge in [-0.3, -0.25) is 0 Å². The van der Waals surface area contributed by atoms with Crippen molar-refractivity contribution in [3.63, 3.8) is 0 Å². The predicted molar refractivity (Wildman–Crippen MR) is 55.7 cm³/mol. The second-order valence-electron chi connectivity index (χ2n) is 4.94. The fourth-order valence-corrected chi connectivity index (χ4v) is 1.89. The van der Waals surface area contributed by atoms with Crippen molar-refractivity contribution < 1.29 is 9.22 Å². The van der Waals surface area contributed by atoms with E-state index in [1.807, 2.05) is 0 Å². The van der Waals surface area contributed by atoms with E-state index in [9.17, 15) is 0 Å². The Morgan fingerprint density at radius 1 is 1.23 bits per heavy atom. The summed E-state index contributed by atoms with van der Waals surface area (Å²) in [5.41, 5.74) is 0. The Balaban J connectivity index is 2.17.